The van der Waals surface area contributed by atoms with Crippen molar-refractivity contribution in [1.82, 2.24) is 14.5 Å². The lowest BCUT2D eigenvalue weighted by atomic mass is 10.1. The Morgan fingerprint density at radius 2 is 1.79 bits per heavy atom. The molecule has 0 atom stereocenters. The molecule has 148 valence electrons. The second-order valence-corrected chi connectivity index (χ2v) is 7.76. The minimum absolute atomic E-state index is 0.397. The van der Waals surface area contributed by atoms with Crippen LogP contribution in [0.25, 0.3) is 11.0 Å². The van der Waals surface area contributed by atoms with Crippen molar-refractivity contribution in [2.75, 3.05) is 0 Å². The minimum atomic E-state index is -4.34. The summed E-state index contributed by atoms with van der Waals surface area (Å²) in [5, 5.41) is 0.756. The van der Waals surface area contributed by atoms with Crippen molar-refractivity contribution in [3.05, 3.63) is 89.2 Å². The number of imidazole rings is 1. The van der Waals surface area contributed by atoms with Gasteiger partial charge >= 0.3 is 6.18 Å². The Hall–Kier alpha value is -2.80. The van der Waals surface area contributed by atoms with Crippen molar-refractivity contribution in [1.29, 1.82) is 0 Å². The van der Waals surface area contributed by atoms with Crippen LogP contribution in [0.2, 0.25) is 0 Å². The van der Waals surface area contributed by atoms with Gasteiger partial charge < -0.3 is 4.57 Å². The SMILES string of the molecule is Cc1ccc(Cn2c(SCc3cccc(C(F)(F)F)c3)nc3ccncc32)cc1. The second-order valence-electron chi connectivity index (χ2n) is 6.82. The van der Waals surface area contributed by atoms with Gasteiger partial charge in [-0.25, -0.2) is 4.98 Å². The van der Waals surface area contributed by atoms with Crippen molar-refractivity contribution in [2.45, 2.75) is 30.6 Å². The molecule has 29 heavy (non-hydrogen) atoms. The number of thioether (sulfide) groups is 1. The molecular weight excluding hydrogens is 395 g/mol. The van der Waals surface area contributed by atoms with Crippen LogP contribution < -0.4 is 0 Å². The molecule has 0 saturated heterocycles. The van der Waals surface area contributed by atoms with Crippen LogP contribution >= 0.6 is 11.8 Å². The zero-order valence-corrected chi connectivity index (χ0v) is 16.5. The number of benzene rings is 2. The number of hydrogen-bond acceptors (Lipinski definition) is 3. The number of hydrogen-bond donors (Lipinski definition) is 0. The molecule has 2 aromatic carbocycles. The van der Waals surface area contributed by atoms with Crippen LogP contribution in [0.1, 0.15) is 22.3 Å². The van der Waals surface area contributed by atoms with Crippen molar-refractivity contribution in [2.24, 2.45) is 0 Å². The van der Waals surface area contributed by atoms with Crippen LogP contribution in [0.5, 0.6) is 0 Å². The zero-order valence-electron chi connectivity index (χ0n) is 15.6. The summed E-state index contributed by atoms with van der Waals surface area (Å²) < 4.78 is 41.0. The maximum atomic E-state index is 13.0. The van der Waals surface area contributed by atoms with Gasteiger partial charge in [0.1, 0.15) is 0 Å². The van der Waals surface area contributed by atoms with Gasteiger partial charge in [0.2, 0.25) is 0 Å². The fourth-order valence-corrected chi connectivity index (χ4v) is 4.03. The summed E-state index contributed by atoms with van der Waals surface area (Å²) in [4.78, 5) is 8.88. The van der Waals surface area contributed by atoms with E-state index in [0.717, 1.165) is 27.8 Å². The molecule has 0 aliphatic carbocycles. The van der Waals surface area contributed by atoms with Gasteiger partial charge in [0.25, 0.3) is 0 Å². The van der Waals surface area contributed by atoms with Gasteiger partial charge in [-0.2, -0.15) is 13.2 Å². The number of alkyl halides is 3. The highest BCUT2D eigenvalue weighted by Gasteiger charge is 2.30. The molecule has 0 aliphatic rings. The first-order valence-electron chi connectivity index (χ1n) is 9.05. The fourth-order valence-electron chi connectivity index (χ4n) is 3.07. The number of pyridine rings is 1. The molecule has 3 nitrogen and oxygen atoms in total. The van der Waals surface area contributed by atoms with E-state index in [-0.39, 0.29) is 0 Å². The average molecular weight is 413 g/mol. The highest BCUT2D eigenvalue weighted by atomic mass is 32.2. The lowest BCUT2D eigenvalue weighted by Gasteiger charge is -2.11. The molecule has 0 radical (unpaired) electrons. The van der Waals surface area contributed by atoms with Crippen molar-refractivity contribution in [3.8, 4) is 0 Å². The molecule has 0 fully saturated rings. The molecular formula is C22H18F3N3S. The van der Waals surface area contributed by atoms with Gasteiger partial charge in [-0.05, 0) is 30.2 Å². The molecule has 7 heteroatoms. The van der Waals surface area contributed by atoms with Crippen LogP contribution in [-0.4, -0.2) is 14.5 Å². The standard InChI is InChI=1S/C22H18F3N3S/c1-15-5-7-16(8-6-15)13-28-20-12-26-10-9-19(20)27-21(28)29-14-17-3-2-4-18(11-17)22(23,24)25/h2-12H,13-14H2,1H3. The molecule has 0 saturated carbocycles. The topological polar surface area (TPSA) is 30.7 Å². The highest BCUT2D eigenvalue weighted by Crippen LogP contribution is 2.32. The summed E-state index contributed by atoms with van der Waals surface area (Å²) in [6.07, 6.45) is -0.886. The normalized spacial score (nSPS) is 11.9. The molecule has 0 unspecified atom stereocenters. The smallest absolute Gasteiger partial charge is 0.313 e. The molecule has 0 bridgehead atoms. The first-order valence-corrected chi connectivity index (χ1v) is 10.0. The maximum absolute atomic E-state index is 13.0. The predicted molar refractivity (Wildman–Crippen MR) is 109 cm³/mol. The molecule has 0 aliphatic heterocycles. The van der Waals surface area contributed by atoms with E-state index < -0.39 is 11.7 Å². The van der Waals surface area contributed by atoms with E-state index in [0.29, 0.717) is 17.9 Å². The van der Waals surface area contributed by atoms with Gasteiger partial charge in [-0.3, -0.25) is 4.98 Å². The Morgan fingerprint density at radius 1 is 1.00 bits per heavy atom. The summed E-state index contributed by atoms with van der Waals surface area (Å²) in [6.45, 7) is 2.66. The maximum Gasteiger partial charge on any atom is 0.416 e. The first kappa shape index (κ1) is 19.5. The molecule has 0 amide bonds. The molecule has 2 aromatic heterocycles. The Bertz CT molecular complexity index is 1130. The largest absolute Gasteiger partial charge is 0.416 e. The second kappa shape index (κ2) is 7.91. The Balaban J connectivity index is 1.62. The molecule has 2 heterocycles. The van der Waals surface area contributed by atoms with Gasteiger partial charge in [0, 0.05) is 11.9 Å². The highest BCUT2D eigenvalue weighted by molar-refractivity contribution is 7.98. The number of nitrogens with zero attached hydrogens (tertiary/aromatic N) is 3. The van der Waals surface area contributed by atoms with E-state index in [1.165, 1.54) is 29.5 Å². The van der Waals surface area contributed by atoms with Gasteiger partial charge in [0.05, 0.1) is 29.3 Å². The lowest BCUT2D eigenvalue weighted by Crippen LogP contribution is -2.05. The van der Waals surface area contributed by atoms with Gasteiger partial charge in [0.15, 0.2) is 5.16 Å². The predicted octanol–water partition coefficient (Wildman–Crippen LogP) is 6.10. The Morgan fingerprint density at radius 3 is 2.55 bits per heavy atom. The van der Waals surface area contributed by atoms with Crippen LogP contribution in [-0.2, 0) is 18.5 Å². The molecule has 4 aromatic rings. The third kappa shape index (κ3) is 4.45. The molecule has 0 spiro atoms. The molecule has 0 N–H and O–H groups in total. The van der Waals surface area contributed by atoms with Crippen molar-refractivity contribution >= 4 is 22.8 Å². The Labute approximate surface area is 170 Å². The number of aromatic nitrogens is 3. The van der Waals surface area contributed by atoms with E-state index >= 15 is 0 Å². The van der Waals surface area contributed by atoms with Crippen LogP contribution in [0.15, 0.2) is 72.1 Å². The van der Waals surface area contributed by atoms with E-state index in [2.05, 4.69) is 38.8 Å². The van der Waals surface area contributed by atoms with Crippen molar-refractivity contribution in [3.63, 3.8) is 0 Å². The van der Waals surface area contributed by atoms with E-state index in [9.17, 15) is 13.2 Å². The van der Waals surface area contributed by atoms with Crippen LogP contribution in [0.3, 0.4) is 0 Å². The fraction of sp³-hybridized carbons (Fsp3) is 0.182. The average Bonchev–Trinajstić information content (AvgIpc) is 3.05. The van der Waals surface area contributed by atoms with Gasteiger partial charge in [-0.1, -0.05) is 59.8 Å². The number of aryl methyl sites for hydroxylation is 1. The summed E-state index contributed by atoms with van der Waals surface area (Å²) in [5.74, 6) is 0.397. The van der Waals surface area contributed by atoms with E-state index in [1.54, 1.807) is 18.5 Å². The summed E-state index contributed by atoms with van der Waals surface area (Å²) in [7, 11) is 0. The summed E-state index contributed by atoms with van der Waals surface area (Å²) >= 11 is 1.42. The monoisotopic (exact) mass is 413 g/mol. The van der Waals surface area contributed by atoms with Crippen LogP contribution in [0, 0.1) is 6.92 Å². The van der Waals surface area contributed by atoms with E-state index in [4.69, 9.17) is 0 Å². The number of rotatable bonds is 5. The Kier molecular flexibility index (Phi) is 5.32. The number of fused-ring (bicyclic) bond motifs is 1. The van der Waals surface area contributed by atoms with E-state index in [1.807, 2.05) is 13.0 Å². The third-order valence-electron chi connectivity index (χ3n) is 4.60. The van der Waals surface area contributed by atoms with Gasteiger partial charge in [-0.15, -0.1) is 0 Å². The molecule has 4 rings (SSSR count). The quantitative estimate of drug-likeness (QED) is 0.371. The third-order valence-corrected chi connectivity index (χ3v) is 5.65. The zero-order chi connectivity index (χ0) is 20.4. The summed E-state index contributed by atoms with van der Waals surface area (Å²) in [5.41, 5.74) is 4.01. The first-order chi connectivity index (χ1) is 13.9. The minimum Gasteiger partial charge on any atom is -0.313 e. The van der Waals surface area contributed by atoms with Crippen molar-refractivity contribution < 1.29 is 13.2 Å². The summed E-state index contributed by atoms with van der Waals surface area (Å²) in [6, 6.07) is 15.5. The van der Waals surface area contributed by atoms with Crippen LogP contribution in [0.4, 0.5) is 13.2 Å². The lowest BCUT2D eigenvalue weighted by molar-refractivity contribution is -0.137. The number of halogens is 3.